The average molecular weight is 340 g/mol. The third kappa shape index (κ3) is 3.33. The van der Waals surface area contributed by atoms with Gasteiger partial charge in [-0.25, -0.2) is 0 Å². The smallest absolute Gasteiger partial charge is 0.241 e. The molecule has 2 heterocycles. The Bertz CT molecular complexity index is 780. The fourth-order valence-corrected chi connectivity index (χ4v) is 3.85. The molecule has 5 heteroatoms. The van der Waals surface area contributed by atoms with Gasteiger partial charge in [-0.15, -0.1) is 0 Å². The van der Waals surface area contributed by atoms with Gasteiger partial charge in [0.2, 0.25) is 5.91 Å². The van der Waals surface area contributed by atoms with Crippen LogP contribution < -0.4 is 4.90 Å². The van der Waals surface area contributed by atoms with Gasteiger partial charge in [0.05, 0.1) is 12.2 Å². The van der Waals surface area contributed by atoms with E-state index in [0.29, 0.717) is 6.54 Å². The van der Waals surface area contributed by atoms with Gasteiger partial charge in [0.25, 0.3) is 0 Å². The molecule has 134 valence electrons. The third-order valence-electron chi connectivity index (χ3n) is 5.18. The largest absolute Gasteiger partial charge is 0.307 e. The zero-order chi connectivity index (χ0) is 18.1. The minimum Gasteiger partial charge on any atom is -0.307 e. The molecule has 1 unspecified atom stereocenters. The second-order valence-electron chi connectivity index (χ2n) is 7.03. The molecule has 1 saturated heterocycles. The number of para-hydroxylation sites is 1. The topological polar surface area (TPSA) is 41.4 Å². The van der Waals surface area contributed by atoms with Crippen LogP contribution in [-0.2, 0) is 17.9 Å². The lowest BCUT2D eigenvalue weighted by atomic mass is 10.1. The summed E-state index contributed by atoms with van der Waals surface area (Å²) in [5, 5.41) is 4.60. The van der Waals surface area contributed by atoms with Crippen LogP contribution in [0.2, 0.25) is 0 Å². The second-order valence-corrected chi connectivity index (χ2v) is 7.03. The summed E-state index contributed by atoms with van der Waals surface area (Å²) in [7, 11) is 0. The highest BCUT2D eigenvalue weighted by molar-refractivity contribution is 5.96. The Kier molecular flexibility index (Phi) is 4.95. The molecule has 2 aromatic rings. The predicted molar refractivity (Wildman–Crippen MR) is 101 cm³/mol. The summed E-state index contributed by atoms with van der Waals surface area (Å²) < 4.78 is 2.04. The molecule has 1 aliphatic rings. The number of amides is 1. The molecule has 1 fully saturated rings. The molecule has 25 heavy (non-hydrogen) atoms. The maximum Gasteiger partial charge on any atom is 0.241 e. The van der Waals surface area contributed by atoms with Crippen LogP contribution in [0.15, 0.2) is 24.3 Å². The van der Waals surface area contributed by atoms with Crippen molar-refractivity contribution in [3.05, 3.63) is 46.8 Å². The van der Waals surface area contributed by atoms with Crippen molar-refractivity contribution < 1.29 is 4.79 Å². The van der Waals surface area contributed by atoms with Crippen molar-refractivity contribution in [2.45, 2.75) is 53.8 Å². The van der Waals surface area contributed by atoms with Crippen LogP contribution in [0, 0.1) is 20.8 Å². The predicted octanol–water partition coefficient (Wildman–Crippen LogP) is 3.07. The summed E-state index contributed by atoms with van der Waals surface area (Å²) in [6.45, 7) is 13.5. The number of carbonyl (C=O) groups excluding carboxylic acids is 1. The Labute approximate surface area is 150 Å². The highest BCUT2D eigenvalue weighted by Gasteiger charge is 2.32. The minimum atomic E-state index is 0.157. The SMILES string of the molecule is CCn1nc(C)c(CN2CC(=O)N(c3ccccc3C)C(C)C2)c1C. The number of piperazine rings is 1. The van der Waals surface area contributed by atoms with Crippen LogP contribution in [0.1, 0.15) is 36.4 Å². The van der Waals surface area contributed by atoms with Gasteiger partial charge in [0.1, 0.15) is 0 Å². The van der Waals surface area contributed by atoms with Gasteiger partial charge in [-0.05, 0) is 46.2 Å². The molecule has 1 atom stereocenters. The van der Waals surface area contributed by atoms with Crippen LogP contribution in [0.25, 0.3) is 0 Å². The molecule has 1 aromatic heterocycles. The monoisotopic (exact) mass is 340 g/mol. The molecule has 5 nitrogen and oxygen atoms in total. The molecule has 0 bridgehead atoms. The first kappa shape index (κ1) is 17.7. The lowest BCUT2D eigenvalue weighted by Gasteiger charge is -2.40. The Morgan fingerprint density at radius 3 is 2.52 bits per heavy atom. The zero-order valence-electron chi connectivity index (χ0n) is 15.9. The van der Waals surface area contributed by atoms with Gasteiger partial charge in [-0.2, -0.15) is 5.10 Å². The first-order chi connectivity index (χ1) is 11.9. The standard InChI is InChI=1S/C20H28N4O/c1-6-23-17(5)18(16(4)21-23)12-22-11-15(3)24(20(25)13-22)19-10-8-7-9-14(19)2/h7-10,15H,6,11-13H2,1-5H3. The first-order valence-electron chi connectivity index (χ1n) is 9.05. The summed E-state index contributed by atoms with van der Waals surface area (Å²) in [6.07, 6.45) is 0. The van der Waals surface area contributed by atoms with Crippen molar-refractivity contribution in [1.82, 2.24) is 14.7 Å². The third-order valence-corrected chi connectivity index (χ3v) is 5.18. The van der Waals surface area contributed by atoms with Gasteiger partial charge in [0.15, 0.2) is 0 Å². The van der Waals surface area contributed by atoms with Crippen molar-refractivity contribution in [2.75, 3.05) is 18.0 Å². The maximum atomic E-state index is 12.9. The van der Waals surface area contributed by atoms with Crippen LogP contribution >= 0.6 is 0 Å². The normalized spacial score (nSPS) is 18.8. The highest BCUT2D eigenvalue weighted by atomic mass is 16.2. The number of carbonyl (C=O) groups is 1. The lowest BCUT2D eigenvalue weighted by molar-refractivity contribution is -0.122. The van der Waals surface area contributed by atoms with Crippen molar-refractivity contribution in [3.63, 3.8) is 0 Å². The molecular weight excluding hydrogens is 312 g/mol. The molecule has 0 spiro atoms. The zero-order valence-corrected chi connectivity index (χ0v) is 15.9. The number of hydrogen-bond acceptors (Lipinski definition) is 3. The molecule has 0 aliphatic carbocycles. The molecule has 0 radical (unpaired) electrons. The molecule has 0 N–H and O–H groups in total. The fourth-order valence-electron chi connectivity index (χ4n) is 3.85. The van der Waals surface area contributed by atoms with E-state index in [0.717, 1.165) is 36.6 Å². The van der Waals surface area contributed by atoms with E-state index in [1.807, 2.05) is 27.8 Å². The summed E-state index contributed by atoms with van der Waals surface area (Å²) in [5.41, 5.74) is 5.71. The van der Waals surface area contributed by atoms with Crippen molar-refractivity contribution in [3.8, 4) is 0 Å². The Balaban J connectivity index is 1.78. The number of rotatable bonds is 4. The van der Waals surface area contributed by atoms with Crippen LogP contribution in [0.4, 0.5) is 5.69 Å². The number of aryl methyl sites for hydroxylation is 3. The van der Waals surface area contributed by atoms with E-state index in [4.69, 9.17) is 0 Å². The van der Waals surface area contributed by atoms with Crippen molar-refractivity contribution in [1.29, 1.82) is 0 Å². The highest BCUT2D eigenvalue weighted by Crippen LogP contribution is 2.26. The molecule has 0 saturated carbocycles. The maximum absolute atomic E-state index is 12.9. The lowest BCUT2D eigenvalue weighted by Crippen LogP contribution is -2.55. The van der Waals surface area contributed by atoms with Gasteiger partial charge in [0, 0.05) is 42.6 Å². The number of nitrogens with zero attached hydrogens (tertiary/aromatic N) is 4. The van der Waals surface area contributed by atoms with Gasteiger partial charge < -0.3 is 4.90 Å². The summed E-state index contributed by atoms with van der Waals surface area (Å²) >= 11 is 0. The molecular formula is C20H28N4O. The molecule has 1 amide bonds. The Hall–Kier alpha value is -2.14. The summed E-state index contributed by atoms with van der Waals surface area (Å²) in [5.74, 6) is 0.172. The quantitative estimate of drug-likeness (QED) is 0.859. The second kappa shape index (κ2) is 7.00. The molecule has 3 rings (SSSR count). The number of benzene rings is 1. The molecule has 1 aliphatic heterocycles. The van der Waals surface area contributed by atoms with E-state index in [9.17, 15) is 4.79 Å². The number of anilines is 1. The first-order valence-corrected chi connectivity index (χ1v) is 9.05. The van der Waals surface area contributed by atoms with E-state index < -0.39 is 0 Å². The van der Waals surface area contributed by atoms with Crippen LogP contribution in [0.5, 0.6) is 0 Å². The summed E-state index contributed by atoms with van der Waals surface area (Å²) in [4.78, 5) is 17.1. The summed E-state index contributed by atoms with van der Waals surface area (Å²) in [6, 6.07) is 8.28. The average Bonchev–Trinajstić information content (AvgIpc) is 2.83. The van der Waals surface area contributed by atoms with Gasteiger partial charge in [-0.3, -0.25) is 14.4 Å². The minimum absolute atomic E-state index is 0.157. The number of aromatic nitrogens is 2. The van der Waals surface area contributed by atoms with E-state index >= 15 is 0 Å². The fraction of sp³-hybridized carbons (Fsp3) is 0.500. The van der Waals surface area contributed by atoms with Crippen molar-refractivity contribution >= 4 is 11.6 Å². The Morgan fingerprint density at radius 2 is 1.92 bits per heavy atom. The van der Waals surface area contributed by atoms with E-state index in [1.54, 1.807) is 0 Å². The van der Waals surface area contributed by atoms with Crippen LogP contribution in [-0.4, -0.2) is 39.7 Å². The van der Waals surface area contributed by atoms with Crippen LogP contribution in [0.3, 0.4) is 0 Å². The van der Waals surface area contributed by atoms with E-state index in [1.165, 1.54) is 11.3 Å². The van der Waals surface area contributed by atoms with E-state index in [-0.39, 0.29) is 11.9 Å². The Morgan fingerprint density at radius 1 is 1.20 bits per heavy atom. The number of hydrogen-bond donors (Lipinski definition) is 0. The van der Waals surface area contributed by atoms with Gasteiger partial charge >= 0.3 is 0 Å². The van der Waals surface area contributed by atoms with E-state index in [2.05, 4.69) is 50.7 Å². The molecule has 1 aromatic carbocycles. The van der Waals surface area contributed by atoms with Gasteiger partial charge in [-0.1, -0.05) is 18.2 Å². The van der Waals surface area contributed by atoms with Crippen molar-refractivity contribution in [2.24, 2.45) is 0 Å².